The number of aromatic nitrogens is 5. The summed E-state index contributed by atoms with van der Waals surface area (Å²) in [7, 11) is 0. The zero-order chi connectivity index (χ0) is 26.4. The minimum absolute atomic E-state index is 0.0777. The molecule has 11 heteroatoms. The van der Waals surface area contributed by atoms with E-state index in [4.69, 9.17) is 4.74 Å². The van der Waals surface area contributed by atoms with E-state index < -0.39 is 11.6 Å². The zero-order valence-corrected chi connectivity index (χ0v) is 21.6. The maximum absolute atomic E-state index is 15.0. The molecule has 0 unspecified atom stereocenters. The molecule has 38 heavy (non-hydrogen) atoms. The standard InChI is InChI=1S/C27H30F2N8O/c1-15(2)37-16(3)34-26-20(28)6-18(7-23(26)37)19-8-25(31-11-21(19)29)35-27-32-9-17(10-33-27)12-36-13-22-24(14-36)38-5-4-30-22/h6-11,15,22,24,30H,4-5,12-14H2,1-3H3,(H,31,32,33,35)/t22-,24+/m0/s1. The Morgan fingerprint density at radius 2 is 1.89 bits per heavy atom. The summed E-state index contributed by atoms with van der Waals surface area (Å²) in [5.41, 5.74) is 2.51. The number of likely N-dealkylation sites (tertiary alicyclic amines) is 1. The summed E-state index contributed by atoms with van der Waals surface area (Å²) in [6.45, 7) is 10.0. The molecule has 2 saturated heterocycles. The van der Waals surface area contributed by atoms with E-state index >= 15 is 0 Å². The van der Waals surface area contributed by atoms with Gasteiger partial charge in [0, 0.05) is 61.8 Å². The predicted molar refractivity (Wildman–Crippen MR) is 140 cm³/mol. The quantitative estimate of drug-likeness (QED) is 0.395. The fourth-order valence-electron chi connectivity index (χ4n) is 5.48. The number of morpholine rings is 1. The van der Waals surface area contributed by atoms with Crippen molar-refractivity contribution in [1.82, 2.24) is 34.7 Å². The van der Waals surface area contributed by atoms with Crippen LogP contribution in [0, 0.1) is 18.6 Å². The van der Waals surface area contributed by atoms with Crippen LogP contribution in [0.15, 0.2) is 36.8 Å². The lowest BCUT2D eigenvalue weighted by molar-refractivity contribution is 0.0175. The van der Waals surface area contributed by atoms with Gasteiger partial charge in [0.05, 0.1) is 24.4 Å². The second-order valence-electron chi connectivity index (χ2n) is 10.2. The highest BCUT2D eigenvalue weighted by atomic mass is 19.1. The maximum Gasteiger partial charge on any atom is 0.228 e. The fraction of sp³-hybridized carbons (Fsp3) is 0.407. The predicted octanol–water partition coefficient (Wildman–Crippen LogP) is 3.97. The number of benzene rings is 1. The van der Waals surface area contributed by atoms with E-state index in [1.165, 1.54) is 12.1 Å². The van der Waals surface area contributed by atoms with Crippen LogP contribution in [0.3, 0.4) is 0 Å². The van der Waals surface area contributed by atoms with E-state index in [1.54, 1.807) is 18.5 Å². The third kappa shape index (κ3) is 4.72. The molecule has 3 aromatic heterocycles. The Morgan fingerprint density at radius 1 is 1.08 bits per heavy atom. The Kier molecular flexibility index (Phi) is 6.50. The number of pyridine rings is 1. The Bertz CT molecular complexity index is 1460. The second kappa shape index (κ2) is 9.97. The monoisotopic (exact) mass is 520 g/mol. The number of ether oxygens (including phenoxy) is 1. The third-order valence-electron chi connectivity index (χ3n) is 7.14. The SMILES string of the molecule is Cc1nc2c(F)cc(-c3cc(Nc4ncc(CN5C[C@@H]6NCCO[C@@H]6C5)cn4)ncc3F)cc2n1C(C)C. The van der Waals surface area contributed by atoms with Gasteiger partial charge in [0.15, 0.2) is 5.82 Å². The highest BCUT2D eigenvalue weighted by Crippen LogP contribution is 2.32. The summed E-state index contributed by atoms with van der Waals surface area (Å²) in [6, 6.07) is 5.06. The van der Waals surface area contributed by atoms with Gasteiger partial charge in [0.25, 0.3) is 0 Å². The number of rotatable bonds is 6. The molecule has 2 aliphatic rings. The van der Waals surface area contributed by atoms with Crippen LogP contribution < -0.4 is 10.6 Å². The van der Waals surface area contributed by atoms with Crippen molar-refractivity contribution in [2.45, 2.75) is 45.5 Å². The van der Waals surface area contributed by atoms with Gasteiger partial charge in [-0.3, -0.25) is 4.90 Å². The van der Waals surface area contributed by atoms with Gasteiger partial charge in [0.2, 0.25) is 5.95 Å². The van der Waals surface area contributed by atoms with Crippen molar-refractivity contribution < 1.29 is 13.5 Å². The lowest BCUT2D eigenvalue weighted by Gasteiger charge is -2.25. The van der Waals surface area contributed by atoms with Crippen LogP contribution in [0.1, 0.15) is 31.3 Å². The molecule has 9 nitrogen and oxygen atoms in total. The molecule has 2 N–H and O–H groups in total. The van der Waals surface area contributed by atoms with E-state index in [0.29, 0.717) is 34.7 Å². The first-order valence-corrected chi connectivity index (χ1v) is 12.8. The number of nitrogens with one attached hydrogen (secondary N) is 2. The van der Waals surface area contributed by atoms with Crippen LogP contribution in [-0.4, -0.2) is 67.8 Å². The highest BCUT2D eigenvalue weighted by molar-refractivity contribution is 5.84. The van der Waals surface area contributed by atoms with Crippen LogP contribution >= 0.6 is 0 Å². The molecule has 0 radical (unpaired) electrons. The first-order valence-electron chi connectivity index (χ1n) is 12.8. The number of nitrogens with zero attached hydrogens (tertiary/aromatic N) is 6. The van der Waals surface area contributed by atoms with Gasteiger partial charge in [-0.05, 0) is 44.5 Å². The molecule has 198 valence electrons. The number of halogens is 2. The first-order chi connectivity index (χ1) is 18.4. The van der Waals surface area contributed by atoms with Gasteiger partial charge in [-0.1, -0.05) is 0 Å². The van der Waals surface area contributed by atoms with Crippen molar-refractivity contribution in [3.05, 3.63) is 59.8 Å². The number of anilines is 2. The molecule has 0 spiro atoms. The normalized spacial score (nSPS) is 19.8. The van der Waals surface area contributed by atoms with Crippen LogP contribution in [-0.2, 0) is 11.3 Å². The minimum atomic E-state index is -0.553. The topological polar surface area (TPSA) is 93.0 Å². The second-order valence-corrected chi connectivity index (χ2v) is 10.2. The summed E-state index contributed by atoms with van der Waals surface area (Å²) in [4.78, 5) is 19.7. The maximum atomic E-state index is 15.0. The Labute approximate surface area is 219 Å². The van der Waals surface area contributed by atoms with E-state index in [-0.39, 0.29) is 23.2 Å². The highest BCUT2D eigenvalue weighted by Gasteiger charge is 2.35. The molecule has 0 aliphatic carbocycles. The smallest absolute Gasteiger partial charge is 0.228 e. The van der Waals surface area contributed by atoms with Crippen molar-refractivity contribution >= 4 is 22.8 Å². The van der Waals surface area contributed by atoms with Crippen LogP contribution in [0.4, 0.5) is 20.5 Å². The van der Waals surface area contributed by atoms with E-state index in [0.717, 1.165) is 44.5 Å². The Morgan fingerprint density at radius 3 is 2.66 bits per heavy atom. The molecule has 4 aromatic rings. The van der Waals surface area contributed by atoms with Crippen molar-refractivity contribution in [3.8, 4) is 11.1 Å². The van der Waals surface area contributed by atoms with Gasteiger partial charge >= 0.3 is 0 Å². The molecule has 1 aromatic carbocycles. The van der Waals surface area contributed by atoms with Crippen LogP contribution in [0.25, 0.3) is 22.2 Å². The lowest BCUT2D eigenvalue weighted by atomic mass is 10.0. The van der Waals surface area contributed by atoms with E-state index in [9.17, 15) is 8.78 Å². The first kappa shape index (κ1) is 24.8. The van der Waals surface area contributed by atoms with Crippen LogP contribution in [0.2, 0.25) is 0 Å². The number of hydrogen-bond acceptors (Lipinski definition) is 8. The zero-order valence-electron chi connectivity index (χ0n) is 21.6. The summed E-state index contributed by atoms with van der Waals surface area (Å²) in [6.07, 6.45) is 4.89. The number of aryl methyl sites for hydroxylation is 1. The summed E-state index contributed by atoms with van der Waals surface area (Å²) in [5.74, 6) is 0.355. The lowest BCUT2D eigenvalue weighted by Crippen LogP contribution is -2.47. The number of imidazole rings is 1. The minimum Gasteiger partial charge on any atom is -0.374 e. The van der Waals surface area contributed by atoms with Crippen molar-refractivity contribution in [2.24, 2.45) is 0 Å². The molecule has 0 bridgehead atoms. The van der Waals surface area contributed by atoms with Crippen LogP contribution in [0.5, 0.6) is 0 Å². The average Bonchev–Trinajstić information content (AvgIpc) is 3.46. The fourth-order valence-corrected chi connectivity index (χ4v) is 5.48. The summed E-state index contributed by atoms with van der Waals surface area (Å²) in [5, 5.41) is 6.54. The largest absolute Gasteiger partial charge is 0.374 e. The van der Waals surface area contributed by atoms with Crippen molar-refractivity contribution in [3.63, 3.8) is 0 Å². The molecule has 5 heterocycles. The van der Waals surface area contributed by atoms with Gasteiger partial charge in [0.1, 0.15) is 23.0 Å². The van der Waals surface area contributed by atoms with E-state index in [1.807, 2.05) is 25.3 Å². The third-order valence-corrected chi connectivity index (χ3v) is 7.14. The van der Waals surface area contributed by atoms with Gasteiger partial charge in [-0.2, -0.15) is 0 Å². The molecular weight excluding hydrogens is 490 g/mol. The van der Waals surface area contributed by atoms with Gasteiger partial charge in [-0.25, -0.2) is 28.7 Å². The molecule has 0 saturated carbocycles. The van der Waals surface area contributed by atoms with Gasteiger partial charge < -0.3 is 19.9 Å². The number of hydrogen-bond donors (Lipinski definition) is 2. The van der Waals surface area contributed by atoms with Gasteiger partial charge in [-0.15, -0.1) is 0 Å². The molecule has 2 aliphatic heterocycles. The van der Waals surface area contributed by atoms with E-state index in [2.05, 4.69) is 35.5 Å². The molecular formula is C27H30F2N8O. The molecule has 2 atom stereocenters. The average molecular weight is 521 g/mol. The summed E-state index contributed by atoms with van der Waals surface area (Å²) >= 11 is 0. The Hall–Kier alpha value is -3.54. The molecule has 2 fully saturated rings. The van der Waals surface area contributed by atoms with Crippen molar-refractivity contribution in [1.29, 1.82) is 0 Å². The Balaban J connectivity index is 1.20. The van der Waals surface area contributed by atoms with Crippen molar-refractivity contribution in [2.75, 3.05) is 31.6 Å². The summed E-state index contributed by atoms with van der Waals surface area (Å²) < 4.78 is 37.6. The number of fused-ring (bicyclic) bond motifs is 2. The molecule has 6 rings (SSSR count). The molecule has 0 amide bonds.